The summed E-state index contributed by atoms with van der Waals surface area (Å²) in [6, 6.07) is 1.66. The number of nitrogens with one attached hydrogen (secondary N) is 1. The predicted molar refractivity (Wildman–Crippen MR) is 68.6 cm³/mol. The molecule has 0 saturated carbocycles. The molecule has 2 aliphatic rings. The maximum atomic E-state index is 3.76. The van der Waals surface area contributed by atoms with Crippen LogP contribution in [0.4, 0.5) is 0 Å². The standard InChI is InChI=1S/C12H24N2S/c1-10(15-2)5-7-13-11-6-9-14-8-3-4-12(11)14/h10-13H,3-9H2,1-2H3. The van der Waals surface area contributed by atoms with Gasteiger partial charge in [0.15, 0.2) is 0 Å². The van der Waals surface area contributed by atoms with E-state index in [1.807, 2.05) is 11.8 Å². The summed E-state index contributed by atoms with van der Waals surface area (Å²) in [5.41, 5.74) is 0. The molecule has 0 aromatic carbocycles. The highest BCUT2D eigenvalue weighted by molar-refractivity contribution is 7.99. The average molecular weight is 228 g/mol. The van der Waals surface area contributed by atoms with Crippen LogP contribution in [0, 0.1) is 0 Å². The van der Waals surface area contributed by atoms with Crippen LogP contribution in [0.5, 0.6) is 0 Å². The van der Waals surface area contributed by atoms with Gasteiger partial charge in [-0.1, -0.05) is 6.92 Å². The quantitative estimate of drug-likeness (QED) is 0.774. The summed E-state index contributed by atoms with van der Waals surface area (Å²) in [4.78, 5) is 2.68. The minimum Gasteiger partial charge on any atom is -0.312 e. The third-order valence-corrected chi connectivity index (χ3v) is 5.01. The molecule has 0 aromatic rings. The third kappa shape index (κ3) is 2.89. The van der Waals surface area contributed by atoms with E-state index in [0.29, 0.717) is 0 Å². The van der Waals surface area contributed by atoms with Crippen molar-refractivity contribution in [1.82, 2.24) is 10.2 Å². The summed E-state index contributed by atoms with van der Waals surface area (Å²) in [6.07, 6.45) is 7.74. The maximum absolute atomic E-state index is 3.76. The summed E-state index contributed by atoms with van der Waals surface area (Å²) in [5.74, 6) is 0. The fourth-order valence-electron chi connectivity index (χ4n) is 2.91. The zero-order valence-corrected chi connectivity index (χ0v) is 10.9. The molecule has 2 saturated heterocycles. The van der Waals surface area contributed by atoms with Gasteiger partial charge in [0.1, 0.15) is 0 Å². The Balaban J connectivity index is 1.67. The van der Waals surface area contributed by atoms with E-state index in [1.54, 1.807) is 0 Å². The molecule has 0 aliphatic carbocycles. The van der Waals surface area contributed by atoms with Gasteiger partial charge >= 0.3 is 0 Å². The predicted octanol–water partition coefficient (Wildman–Crippen LogP) is 1.95. The second-order valence-electron chi connectivity index (χ2n) is 4.93. The smallest absolute Gasteiger partial charge is 0.0250 e. The molecule has 0 radical (unpaired) electrons. The van der Waals surface area contributed by atoms with E-state index in [9.17, 15) is 0 Å². The van der Waals surface area contributed by atoms with Crippen molar-refractivity contribution < 1.29 is 0 Å². The lowest BCUT2D eigenvalue weighted by molar-refractivity contribution is 0.299. The van der Waals surface area contributed by atoms with Gasteiger partial charge in [-0.05, 0) is 45.0 Å². The molecule has 0 aromatic heterocycles. The molecule has 2 heterocycles. The van der Waals surface area contributed by atoms with Crippen molar-refractivity contribution in [2.75, 3.05) is 25.9 Å². The molecule has 3 heteroatoms. The Kier molecular flexibility index (Phi) is 4.35. The van der Waals surface area contributed by atoms with E-state index in [0.717, 1.165) is 17.3 Å². The first-order valence-corrected chi connectivity index (χ1v) is 7.60. The molecule has 1 N–H and O–H groups in total. The summed E-state index contributed by atoms with van der Waals surface area (Å²) in [7, 11) is 0. The van der Waals surface area contributed by atoms with Crippen LogP contribution in [-0.2, 0) is 0 Å². The van der Waals surface area contributed by atoms with E-state index < -0.39 is 0 Å². The van der Waals surface area contributed by atoms with Crippen molar-refractivity contribution in [1.29, 1.82) is 0 Å². The first-order valence-electron chi connectivity index (χ1n) is 6.31. The van der Waals surface area contributed by atoms with Crippen LogP contribution in [0.1, 0.15) is 32.6 Å². The maximum Gasteiger partial charge on any atom is 0.0250 e. The van der Waals surface area contributed by atoms with E-state index in [1.165, 1.54) is 45.3 Å². The molecular formula is C12H24N2S. The van der Waals surface area contributed by atoms with Gasteiger partial charge in [0.05, 0.1) is 0 Å². The Labute approximate surface area is 98.2 Å². The minimum atomic E-state index is 0.793. The summed E-state index contributed by atoms with van der Waals surface area (Å²) in [5, 5.41) is 4.57. The fourth-order valence-corrected chi connectivity index (χ4v) is 3.26. The zero-order chi connectivity index (χ0) is 10.7. The Morgan fingerprint density at radius 2 is 2.27 bits per heavy atom. The molecule has 15 heavy (non-hydrogen) atoms. The van der Waals surface area contributed by atoms with E-state index in [2.05, 4.69) is 23.4 Å². The number of hydrogen-bond donors (Lipinski definition) is 1. The lowest BCUT2D eigenvalue weighted by atomic mass is 10.1. The van der Waals surface area contributed by atoms with Crippen LogP contribution in [0.25, 0.3) is 0 Å². The molecular weight excluding hydrogens is 204 g/mol. The third-order valence-electron chi connectivity index (χ3n) is 3.97. The highest BCUT2D eigenvalue weighted by Crippen LogP contribution is 2.27. The molecule has 2 nitrogen and oxygen atoms in total. The zero-order valence-electron chi connectivity index (χ0n) is 10.0. The van der Waals surface area contributed by atoms with Crippen LogP contribution in [0.2, 0.25) is 0 Å². The lowest BCUT2D eigenvalue weighted by Gasteiger charge is -2.21. The number of nitrogens with zero attached hydrogens (tertiary/aromatic N) is 1. The molecule has 88 valence electrons. The van der Waals surface area contributed by atoms with Gasteiger partial charge in [-0.3, -0.25) is 4.90 Å². The number of fused-ring (bicyclic) bond motifs is 1. The van der Waals surface area contributed by atoms with Crippen molar-refractivity contribution in [2.45, 2.75) is 49.9 Å². The fraction of sp³-hybridized carbons (Fsp3) is 1.00. The second-order valence-corrected chi connectivity index (χ2v) is 6.21. The summed E-state index contributed by atoms with van der Waals surface area (Å²) in [6.45, 7) is 6.21. The molecule has 3 unspecified atom stereocenters. The van der Waals surface area contributed by atoms with Crippen LogP contribution >= 0.6 is 11.8 Å². The molecule has 0 amide bonds. The SMILES string of the molecule is CSC(C)CCNC1CCN2CCCC12. The minimum absolute atomic E-state index is 0.793. The Bertz CT molecular complexity index is 198. The molecule has 0 spiro atoms. The summed E-state index contributed by atoms with van der Waals surface area (Å²) < 4.78 is 0. The van der Waals surface area contributed by atoms with E-state index in [-0.39, 0.29) is 0 Å². The Hall–Kier alpha value is 0.270. The van der Waals surface area contributed by atoms with Crippen LogP contribution in [0.15, 0.2) is 0 Å². The van der Waals surface area contributed by atoms with Gasteiger partial charge in [0.25, 0.3) is 0 Å². The Morgan fingerprint density at radius 3 is 3.07 bits per heavy atom. The number of rotatable bonds is 5. The van der Waals surface area contributed by atoms with Gasteiger partial charge < -0.3 is 5.32 Å². The lowest BCUT2D eigenvalue weighted by Crippen LogP contribution is -2.39. The van der Waals surface area contributed by atoms with Crippen LogP contribution < -0.4 is 5.32 Å². The molecule has 2 fully saturated rings. The molecule has 0 bridgehead atoms. The van der Waals surface area contributed by atoms with Gasteiger partial charge in [-0.15, -0.1) is 0 Å². The van der Waals surface area contributed by atoms with Gasteiger partial charge in [-0.25, -0.2) is 0 Å². The first-order chi connectivity index (χ1) is 7.31. The molecule has 3 atom stereocenters. The van der Waals surface area contributed by atoms with Gasteiger partial charge in [0.2, 0.25) is 0 Å². The number of thioether (sulfide) groups is 1. The largest absolute Gasteiger partial charge is 0.312 e. The normalized spacial score (nSPS) is 33.2. The van der Waals surface area contributed by atoms with Crippen molar-refractivity contribution in [3.05, 3.63) is 0 Å². The van der Waals surface area contributed by atoms with E-state index in [4.69, 9.17) is 0 Å². The monoisotopic (exact) mass is 228 g/mol. The van der Waals surface area contributed by atoms with Crippen LogP contribution in [-0.4, -0.2) is 48.1 Å². The van der Waals surface area contributed by atoms with E-state index >= 15 is 0 Å². The van der Waals surface area contributed by atoms with Crippen molar-refractivity contribution in [3.8, 4) is 0 Å². The molecule has 2 aliphatic heterocycles. The van der Waals surface area contributed by atoms with Crippen LogP contribution in [0.3, 0.4) is 0 Å². The highest BCUT2D eigenvalue weighted by atomic mass is 32.2. The topological polar surface area (TPSA) is 15.3 Å². The number of hydrogen-bond acceptors (Lipinski definition) is 3. The average Bonchev–Trinajstić information content (AvgIpc) is 2.81. The Morgan fingerprint density at radius 1 is 1.40 bits per heavy atom. The van der Waals surface area contributed by atoms with Crippen molar-refractivity contribution in [3.63, 3.8) is 0 Å². The van der Waals surface area contributed by atoms with Crippen molar-refractivity contribution in [2.24, 2.45) is 0 Å². The summed E-state index contributed by atoms with van der Waals surface area (Å²) >= 11 is 1.98. The van der Waals surface area contributed by atoms with Gasteiger partial charge in [-0.2, -0.15) is 11.8 Å². The van der Waals surface area contributed by atoms with Crippen molar-refractivity contribution >= 4 is 11.8 Å². The highest BCUT2D eigenvalue weighted by Gasteiger charge is 2.36. The van der Waals surface area contributed by atoms with Gasteiger partial charge in [0, 0.05) is 23.9 Å². The molecule has 2 rings (SSSR count). The second kappa shape index (κ2) is 5.55. The first kappa shape index (κ1) is 11.7.